The number of methoxy groups -OCH3 is 2. The highest BCUT2D eigenvalue weighted by molar-refractivity contribution is 5.98. The molecule has 0 aliphatic carbocycles. The molecule has 1 fully saturated rings. The molecule has 7 heteroatoms. The summed E-state index contributed by atoms with van der Waals surface area (Å²) in [4.78, 5) is 25.6. The molecule has 4 aromatic rings. The standard InChI is InChI=1S/C33H38N4O3/c1-4-26-8-5-6-20-37(26)21-7-19-34-33(38)25-13-18-29-30(22-25)36-32(24-11-16-28(40-3)17-12-24)31(35-29)23-9-14-27(39-2)15-10-23/h9-18,22,26H,4-8,19-21H2,1-3H3,(H,34,38)/t26-/m0/s1. The minimum atomic E-state index is -0.0837. The number of rotatable bonds is 10. The van der Waals surface area contributed by atoms with Crippen molar-refractivity contribution >= 4 is 16.9 Å². The van der Waals surface area contributed by atoms with Gasteiger partial charge in [0.15, 0.2) is 0 Å². The lowest BCUT2D eigenvalue weighted by atomic mass is 10.00. The fraction of sp³-hybridized carbons (Fsp3) is 0.364. The smallest absolute Gasteiger partial charge is 0.251 e. The Bertz CT molecular complexity index is 1440. The quantitative estimate of drug-likeness (QED) is 0.237. The number of benzene rings is 3. The number of amides is 1. The molecule has 1 N–H and O–H groups in total. The van der Waals surface area contributed by atoms with E-state index in [1.54, 1.807) is 14.2 Å². The van der Waals surface area contributed by atoms with Crippen molar-refractivity contribution in [2.45, 2.75) is 45.1 Å². The van der Waals surface area contributed by atoms with Crippen molar-refractivity contribution in [2.75, 3.05) is 33.9 Å². The van der Waals surface area contributed by atoms with Crippen LogP contribution in [0.2, 0.25) is 0 Å². The van der Waals surface area contributed by atoms with Gasteiger partial charge in [0.25, 0.3) is 5.91 Å². The molecule has 208 valence electrons. The number of nitrogens with zero attached hydrogens (tertiary/aromatic N) is 3. The number of carbonyl (C=O) groups is 1. The van der Waals surface area contributed by atoms with Gasteiger partial charge in [0, 0.05) is 35.8 Å². The first-order valence-electron chi connectivity index (χ1n) is 14.2. The number of piperidine rings is 1. The van der Waals surface area contributed by atoms with Crippen LogP contribution in [-0.4, -0.2) is 60.7 Å². The van der Waals surface area contributed by atoms with E-state index in [4.69, 9.17) is 19.4 Å². The highest BCUT2D eigenvalue weighted by Gasteiger charge is 2.20. The van der Waals surface area contributed by atoms with Crippen molar-refractivity contribution in [1.29, 1.82) is 0 Å². The van der Waals surface area contributed by atoms with E-state index in [1.165, 1.54) is 32.2 Å². The number of fused-ring (bicyclic) bond motifs is 1. The lowest BCUT2D eigenvalue weighted by Gasteiger charge is -2.35. The molecule has 1 saturated heterocycles. The second-order valence-electron chi connectivity index (χ2n) is 10.3. The van der Waals surface area contributed by atoms with E-state index >= 15 is 0 Å². The average Bonchev–Trinajstić information content (AvgIpc) is 3.02. The summed E-state index contributed by atoms with van der Waals surface area (Å²) in [5.41, 5.74) is 5.35. The summed E-state index contributed by atoms with van der Waals surface area (Å²) in [6, 6.07) is 21.8. The molecule has 1 aromatic heterocycles. The first kappa shape index (κ1) is 27.6. The number of ether oxygens (including phenoxy) is 2. The topological polar surface area (TPSA) is 76.6 Å². The van der Waals surface area contributed by atoms with Gasteiger partial charge in [-0.15, -0.1) is 0 Å². The van der Waals surface area contributed by atoms with Crippen molar-refractivity contribution in [3.63, 3.8) is 0 Å². The predicted molar refractivity (Wildman–Crippen MR) is 160 cm³/mol. The molecular formula is C33H38N4O3. The minimum absolute atomic E-state index is 0.0837. The molecule has 2 heterocycles. The molecular weight excluding hydrogens is 500 g/mol. The molecule has 0 radical (unpaired) electrons. The Morgan fingerprint density at radius 3 is 2.10 bits per heavy atom. The minimum Gasteiger partial charge on any atom is -0.497 e. The third-order valence-corrected chi connectivity index (χ3v) is 7.78. The number of carbonyl (C=O) groups excluding carboxylic acids is 1. The molecule has 7 nitrogen and oxygen atoms in total. The average molecular weight is 539 g/mol. The summed E-state index contributed by atoms with van der Waals surface area (Å²) in [6.45, 7) is 5.13. The Morgan fingerprint density at radius 2 is 1.50 bits per heavy atom. The molecule has 0 saturated carbocycles. The van der Waals surface area contributed by atoms with Gasteiger partial charge in [-0.05, 0) is 99.0 Å². The lowest BCUT2D eigenvalue weighted by Crippen LogP contribution is -2.40. The maximum atomic E-state index is 13.0. The molecule has 40 heavy (non-hydrogen) atoms. The molecule has 1 aliphatic heterocycles. The van der Waals surface area contributed by atoms with Crippen LogP contribution in [0.5, 0.6) is 11.5 Å². The van der Waals surface area contributed by atoms with E-state index in [0.717, 1.165) is 52.5 Å². The zero-order chi connectivity index (χ0) is 27.9. The van der Waals surface area contributed by atoms with Gasteiger partial charge in [0.1, 0.15) is 11.5 Å². The first-order valence-corrected chi connectivity index (χ1v) is 14.2. The predicted octanol–water partition coefficient (Wildman–Crippen LogP) is 6.37. The third-order valence-electron chi connectivity index (χ3n) is 7.78. The number of hydrogen-bond donors (Lipinski definition) is 1. The van der Waals surface area contributed by atoms with Crippen LogP contribution in [0.25, 0.3) is 33.5 Å². The maximum Gasteiger partial charge on any atom is 0.251 e. The Kier molecular flexibility index (Phi) is 8.91. The maximum absolute atomic E-state index is 13.0. The number of aromatic nitrogens is 2. The Balaban J connectivity index is 1.38. The van der Waals surface area contributed by atoms with E-state index in [9.17, 15) is 4.79 Å². The van der Waals surface area contributed by atoms with Gasteiger partial charge in [-0.2, -0.15) is 0 Å². The Labute approximate surface area is 236 Å². The summed E-state index contributed by atoms with van der Waals surface area (Å²) >= 11 is 0. The van der Waals surface area contributed by atoms with Crippen molar-refractivity contribution in [2.24, 2.45) is 0 Å². The van der Waals surface area contributed by atoms with Crippen LogP contribution in [0.3, 0.4) is 0 Å². The van der Waals surface area contributed by atoms with Crippen molar-refractivity contribution < 1.29 is 14.3 Å². The fourth-order valence-electron chi connectivity index (χ4n) is 5.50. The Hall–Kier alpha value is -3.97. The number of likely N-dealkylation sites (tertiary alicyclic amines) is 1. The van der Waals surface area contributed by atoms with Crippen molar-refractivity contribution in [3.05, 3.63) is 72.3 Å². The van der Waals surface area contributed by atoms with E-state index in [2.05, 4.69) is 17.1 Å². The van der Waals surface area contributed by atoms with Crippen molar-refractivity contribution in [3.8, 4) is 34.0 Å². The van der Waals surface area contributed by atoms with Crippen LogP contribution in [-0.2, 0) is 0 Å². The highest BCUT2D eigenvalue weighted by Crippen LogP contribution is 2.33. The Morgan fingerprint density at radius 1 is 0.875 bits per heavy atom. The second-order valence-corrected chi connectivity index (χ2v) is 10.3. The zero-order valence-electron chi connectivity index (χ0n) is 23.7. The monoisotopic (exact) mass is 538 g/mol. The van der Waals surface area contributed by atoms with Crippen molar-refractivity contribution in [1.82, 2.24) is 20.2 Å². The van der Waals surface area contributed by atoms with Gasteiger partial charge >= 0.3 is 0 Å². The summed E-state index contributed by atoms with van der Waals surface area (Å²) in [7, 11) is 3.30. The lowest BCUT2D eigenvalue weighted by molar-refractivity contribution is 0.0947. The second kappa shape index (κ2) is 12.9. The van der Waals surface area contributed by atoms with Gasteiger partial charge in [-0.3, -0.25) is 4.79 Å². The van der Waals surface area contributed by atoms with E-state index in [-0.39, 0.29) is 5.91 Å². The highest BCUT2D eigenvalue weighted by atomic mass is 16.5. The van der Waals surface area contributed by atoms with Gasteiger partial charge in [-0.25, -0.2) is 9.97 Å². The molecule has 1 aliphatic rings. The molecule has 1 atom stereocenters. The SMILES string of the molecule is CC[C@H]1CCCCN1CCCNC(=O)c1ccc2nc(-c3ccc(OC)cc3)c(-c3ccc(OC)cc3)nc2c1. The summed E-state index contributed by atoms with van der Waals surface area (Å²) in [6.07, 6.45) is 6.05. The van der Waals surface area contributed by atoms with Gasteiger partial charge in [0.2, 0.25) is 0 Å². The molecule has 0 unspecified atom stereocenters. The summed E-state index contributed by atoms with van der Waals surface area (Å²) in [5, 5.41) is 3.10. The van der Waals surface area contributed by atoms with Crippen LogP contribution < -0.4 is 14.8 Å². The zero-order valence-corrected chi connectivity index (χ0v) is 23.7. The molecule has 3 aromatic carbocycles. The third kappa shape index (κ3) is 6.26. The van der Waals surface area contributed by atoms with Gasteiger partial charge < -0.3 is 19.7 Å². The largest absolute Gasteiger partial charge is 0.497 e. The van der Waals surface area contributed by atoms with E-state index in [1.807, 2.05) is 66.7 Å². The summed E-state index contributed by atoms with van der Waals surface area (Å²) < 4.78 is 10.7. The van der Waals surface area contributed by atoms with E-state index < -0.39 is 0 Å². The molecule has 5 rings (SSSR count). The van der Waals surface area contributed by atoms with E-state index in [0.29, 0.717) is 23.7 Å². The van der Waals surface area contributed by atoms with Gasteiger partial charge in [0.05, 0.1) is 36.6 Å². The van der Waals surface area contributed by atoms with Crippen LogP contribution in [0.4, 0.5) is 0 Å². The number of hydrogen-bond acceptors (Lipinski definition) is 6. The fourth-order valence-corrected chi connectivity index (χ4v) is 5.50. The van der Waals surface area contributed by atoms with Crippen LogP contribution in [0, 0.1) is 0 Å². The normalized spacial score (nSPS) is 15.6. The molecule has 1 amide bonds. The summed E-state index contributed by atoms with van der Waals surface area (Å²) in [5.74, 6) is 1.47. The molecule has 0 bridgehead atoms. The first-order chi connectivity index (χ1) is 19.6. The van der Waals surface area contributed by atoms with Gasteiger partial charge in [-0.1, -0.05) is 13.3 Å². The number of nitrogens with one attached hydrogen (secondary N) is 1. The van der Waals surface area contributed by atoms with Crippen LogP contribution in [0.15, 0.2) is 66.7 Å². The molecule has 0 spiro atoms. The van der Waals surface area contributed by atoms with Crippen LogP contribution in [0.1, 0.15) is 49.4 Å². The van der Waals surface area contributed by atoms with Crippen LogP contribution >= 0.6 is 0 Å².